The lowest BCUT2D eigenvalue weighted by atomic mass is 10.1. The summed E-state index contributed by atoms with van der Waals surface area (Å²) < 4.78 is 25.8. The van der Waals surface area contributed by atoms with E-state index in [1.807, 2.05) is 17.5 Å². The van der Waals surface area contributed by atoms with Crippen molar-refractivity contribution in [1.29, 1.82) is 0 Å². The van der Waals surface area contributed by atoms with E-state index in [9.17, 15) is 13.2 Å². The van der Waals surface area contributed by atoms with Crippen molar-refractivity contribution >= 4 is 44.0 Å². The van der Waals surface area contributed by atoms with Crippen LogP contribution in [0.25, 0.3) is 11.3 Å². The first-order valence-corrected chi connectivity index (χ1v) is 12.0. The number of hydrogen-bond acceptors (Lipinski definition) is 5. The molecule has 0 fully saturated rings. The molecule has 0 spiro atoms. The molecule has 2 aromatic carbocycles. The van der Waals surface area contributed by atoms with Gasteiger partial charge in [-0.2, -0.15) is 0 Å². The third-order valence-corrected chi connectivity index (χ3v) is 7.37. The number of thiazole rings is 1. The number of rotatable bonds is 7. The Morgan fingerprint density at radius 3 is 2.50 bits per heavy atom. The Kier molecular flexibility index (Phi) is 6.92. The standard InChI is InChI=1S/C21H22ClN3O3S2/c1-4-5-14-6-8-15(9-7-14)19-13-29-21(23-19)24-20(26)17-12-16(10-11-18(17)22)30(27,28)25(2)3/h6-13H,4-5H2,1-3H3,(H,23,24,26). The smallest absolute Gasteiger partial charge is 0.259 e. The normalized spacial score (nSPS) is 11.6. The summed E-state index contributed by atoms with van der Waals surface area (Å²) in [6, 6.07) is 12.2. The average molecular weight is 464 g/mol. The van der Waals surface area contributed by atoms with Crippen molar-refractivity contribution in [3.63, 3.8) is 0 Å². The fraction of sp³-hybridized carbons (Fsp3) is 0.238. The Balaban J connectivity index is 1.80. The maximum atomic E-state index is 12.7. The fourth-order valence-corrected chi connectivity index (χ4v) is 4.66. The second kappa shape index (κ2) is 9.26. The minimum atomic E-state index is -3.68. The van der Waals surface area contributed by atoms with Crippen molar-refractivity contribution in [3.05, 3.63) is 64.0 Å². The van der Waals surface area contributed by atoms with Gasteiger partial charge < -0.3 is 0 Å². The quantitative estimate of drug-likeness (QED) is 0.539. The molecule has 0 aliphatic rings. The van der Waals surface area contributed by atoms with Crippen molar-refractivity contribution in [2.45, 2.75) is 24.7 Å². The molecule has 0 unspecified atom stereocenters. The lowest BCUT2D eigenvalue weighted by Gasteiger charge is -2.13. The number of carbonyl (C=O) groups excluding carboxylic acids is 1. The highest BCUT2D eigenvalue weighted by Gasteiger charge is 2.21. The van der Waals surface area contributed by atoms with Crippen LogP contribution in [0.1, 0.15) is 29.3 Å². The predicted octanol–water partition coefficient (Wildman–Crippen LogP) is 4.92. The van der Waals surface area contributed by atoms with Crippen LogP contribution in [0.5, 0.6) is 0 Å². The Labute approximate surface area is 185 Å². The van der Waals surface area contributed by atoms with E-state index in [4.69, 9.17) is 11.6 Å². The average Bonchev–Trinajstić information content (AvgIpc) is 3.17. The predicted molar refractivity (Wildman–Crippen MR) is 122 cm³/mol. The third-order valence-electron chi connectivity index (χ3n) is 4.47. The molecule has 1 N–H and O–H groups in total. The minimum Gasteiger partial charge on any atom is -0.298 e. The van der Waals surface area contributed by atoms with Gasteiger partial charge in [0, 0.05) is 25.0 Å². The van der Waals surface area contributed by atoms with Crippen LogP contribution in [-0.2, 0) is 16.4 Å². The van der Waals surface area contributed by atoms with Gasteiger partial charge >= 0.3 is 0 Å². The van der Waals surface area contributed by atoms with Gasteiger partial charge in [0.15, 0.2) is 5.13 Å². The largest absolute Gasteiger partial charge is 0.298 e. The zero-order valence-electron chi connectivity index (χ0n) is 16.8. The minimum absolute atomic E-state index is 0.00551. The van der Waals surface area contributed by atoms with E-state index in [2.05, 4.69) is 29.4 Å². The number of aromatic nitrogens is 1. The van der Waals surface area contributed by atoms with Crippen LogP contribution in [0, 0.1) is 0 Å². The van der Waals surface area contributed by atoms with E-state index >= 15 is 0 Å². The molecule has 0 saturated carbocycles. The van der Waals surface area contributed by atoms with Gasteiger partial charge in [0.2, 0.25) is 10.0 Å². The first kappa shape index (κ1) is 22.4. The highest BCUT2D eigenvalue weighted by atomic mass is 35.5. The van der Waals surface area contributed by atoms with Crippen molar-refractivity contribution < 1.29 is 13.2 Å². The molecule has 158 valence electrons. The van der Waals surface area contributed by atoms with E-state index in [0.29, 0.717) is 5.13 Å². The number of hydrogen-bond donors (Lipinski definition) is 1. The second-order valence-corrected chi connectivity index (χ2v) is 10.3. The van der Waals surface area contributed by atoms with Gasteiger partial charge in [-0.1, -0.05) is 49.2 Å². The Morgan fingerprint density at radius 2 is 1.87 bits per heavy atom. The maximum absolute atomic E-state index is 12.7. The molecular formula is C21H22ClN3O3S2. The lowest BCUT2D eigenvalue weighted by Crippen LogP contribution is -2.23. The maximum Gasteiger partial charge on any atom is 0.259 e. The summed E-state index contributed by atoms with van der Waals surface area (Å²) in [4.78, 5) is 17.2. The van der Waals surface area contributed by atoms with Gasteiger partial charge in [-0.05, 0) is 30.2 Å². The van der Waals surface area contributed by atoms with Crippen LogP contribution in [0.15, 0.2) is 52.7 Å². The van der Waals surface area contributed by atoms with E-state index in [1.165, 1.54) is 49.2 Å². The molecule has 0 saturated heterocycles. The van der Waals surface area contributed by atoms with Crippen LogP contribution in [0.3, 0.4) is 0 Å². The van der Waals surface area contributed by atoms with Crippen molar-refractivity contribution in [2.24, 2.45) is 0 Å². The topological polar surface area (TPSA) is 79.4 Å². The molecule has 0 radical (unpaired) electrons. The summed E-state index contributed by atoms with van der Waals surface area (Å²) >= 11 is 7.43. The highest BCUT2D eigenvalue weighted by molar-refractivity contribution is 7.89. The van der Waals surface area contributed by atoms with Crippen LogP contribution >= 0.6 is 22.9 Å². The van der Waals surface area contributed by atoms with Crippen LogP contribution in [0.4, 0.5) is 5.13 Å². The summed E-state index contributed by atoms with van der Waals surface area (Å²) in [6.45, 7) is 2.14. The van der Waals surface area contributed by atoms with Gasteiger partial charge in [0.1, 0.15) is 0 Å². The third kappa shape index (κ3) is 4.89. The first-order valence-electron chi connectivity index (χ1n) is 9.30. The highest BCUT2D eigenvalue weighted by Crippen LogP contribution is 2.27. The molecule has 0 aliphatic heterocycles. The molecule has 0 aliphatic carbocycles. The summed E-state index contributed by atoms with van der Waals surface area (Å²) in [5.41, 5.74) is 3.06. The number of aryl methyl sites for hydroxylation is 1. The zero-order valence-corrected chi connectivity index (χ0v) is 19.2. The van der Waals surface area contributed by atoms with Crippen LogP contribution in [-0.4, -0.2) is 37.7 Å². The number of benzene rings is 2. The fourth-order valence-electron chi connectivity index (χ4n) is 2.81. The van der Waals surface area contributed by atoms with Gasteiger partial charge in [0.25, 0.3) is 5.91 Å². The summed E-state index contributed by atoms with van der Waals surface area (Å²) in [6.07, 6.45) is 2.12. The SMILES string of the molecule is CCCc1ccc(-c2csc(NC(=O)c3cc(S(=O)(=O)N(C)C)ccc3Cl)n2)cc1. The monoisotopic (exact) mass is 463 g/mol. The number of amides is 1. The molecule has 6 nitrogen and oxygen atoms in total. The number of halogens is 1. The molecule has 30 heavy (non-hydrogen) atoms. The van der Waals surface area contributed by atoms with Gasteiger partial charge in [-0.25, -0.2) is 17.7 Å². The van der Waals surface area contributed by atoms with Gasteiger partial charge in [0.05, 0.1) is 21.2 Å². The molecule has 1 heterocycles. The second-order valence-electron chi connectivity index (χ2n) is 6.87. The molecule has 0 bridgehead atoms. The number of nitrogens with one attached hydrogen (secondary N) is 1. The van der Waals surface area contributed by atoms with E-state index in [0.717, 1.165) is 28.4 Å². The molecular weight excluding hydrogens is 442 g/mol. The summed E-state index contributed by atoms with van der Waals surface area (Å²) in [5.74, 6) is -0.519. The van der Waals surface area contributed by atoms with E-state index in [-0.39, 0.29) is 15.5 Å². The molecule has 0 atom stereocenters. The summed E-state index contributed by atoms with van der Waals surface area (Å²) in [5, 5.41) is 5.13. The van der Waals surface area contributed by atoms with Crippen molar-refractivity contribution in [3.8, 4) is 11.3 Å². The number of nitrogens with zero attached hydrogens (tertiary/aromatic N) is 2. The molecule has 1 amide bonds. The zero-order chi connectivity index (χ0) is 21.9. The first-order chi connectivity index (χ1) is 14.2. The van der Waals surface area contributed by atoms with Crippen molar-refractivity contribution in [1.82, 2.24) is 9.29 Å². The van der Waals surface area contributed by atoms with Crippen LogP contribution in [0.2, 0.25) is 5.02 Å². The Hall–Kier alpha value is -2.26. The summed E-state index contributed by atoms with van der Waals surface area (Å²) in [7, 11) is -0.828. The van der Waals surface area contributed by atoms with Gasteiger partial charge in [-0.15, -0.1) is 11.3 Å². The van der Waals surface area contributed by atoms with E-state index in [1.54, 1.807) is 0 Å². The molecule has 1 aromatic heterocycles. The van der Waals surface area contributed by atoms with E-state index < -0.39 is 15.9 Å². The van der Waals surface area contributed by atoms with Crippen LogP contribution < -0.4 is 5.32 Å². The van der Waals surface area contributed by atoms with Gasteiger partial charge in [-0.3, -0.25) is 10.1 Å². The lowest BCUT2D eigenvalue weighted by molar-refractivity contribution is 0.102. The number of anilines is 1. The van der Waals surface area contributed by atoms with Crippen molar-refractivity contribution in [2.75, 3.05) is 19.4 Å². The molecule has 9 heteroatoms. The Morgan fingerprint density at radius 1 is 1.17 bits per heavy atom. The molecule has 3 aromatic rings. The number of carbonyl (C=O) groups is 1. The Bertz CT molecular complexity index is 1160. The molecule has 3 rings (SSSR count). The number of sulfonamides is 1.